The van der Waals surface area contributed by atoms with Gasteiger partial charge >= 0.3 is 6.36 Å². The van der Waals surface area contributed by atoms with E-state index in [0.717, 1.165) is 42.7 Å². The molecule has 1 fully saturated rings. The van der Waals surface area contributed by atoms with Crippen LogP contribution in [0.4, 0.5) is 18.9 Å². The maximum atomic E-state index is 12.8. The smallest absolute Gasteiger partial charge is 0.406 e. The number of anilines is 1. The van der Waals surface area contributed by atoms with Crippen molar-refractivity contribution in [1.82, 2.24) is 4.31 Å². The summed E-state index contributed by atoms with van der Waals surface area (Å²) in [6.45, 7) is 0.833. The first kappa shape index (κ1) is 20.6. The molecule has 0 atom stereocenters. The lowest BCUT2D eigenvalue weighted by Gasteiger charge is -2.25. The second-order valence-corrected chi connectivity index (χ2v) is 8.93. The zero-order chi connectivity index (χ0) is 20.4. The third kappa shape index (κ3) is 4.83. The predicted molar refractivity (Wildman–Crippen MR) is 98.0 cm³/mol. The van der Waals surface area contributed by atoms with E-state index in [1.807, 2.05) is 0 Å². The summed E-state index contributed by atoms with van der Waals surface area (Å²) >= 11 is 0.987. The van der Waals surface area contributed by atoms with Gasteiger partial charge in [0.25, 0.3) is 5.91 Å². The van der Waals surface area contributed by atoms with Gasteiger partial charge < -0.3 is 10.1 Å². The number of carbonyl (C=O) groups is 1. The molecule has 11 heteroatoms. The minimum absolute atomic E-state index is 0.0289. The molecule has 1 aromatic heterocycles. The zero-order valence-electron chi connectivity index (χ0n) is 14.5. The van der Waals surface area contributed by atoms with Crippen molar-refractivity contribution in [3.8, 4) is 5.75 Å². The molecule has 6 nitrogen and oxygen atoms in total. The second-order valence-electron chi connectivity index (χ2n) is 6.11. The van der Waals surface area contributed by atoms with Gasteiger partial charge in [-0.3, -0.25) is 4.79 Å². The number of ether oxygens (including phenoxy) is 1. The van der Waals surface area contributed by atoms with Crippen molar-refractivity contribution < 1.29 is 31.1 Å². The SMILES string of the molecule is O=C(Nc1ccc(OC(F)(F)F)cc1)c1sccc1S(=O)(=O)N1CCCCC1. The van der Waals surface area contributed by atoms with Gasteiger partial charge in [0.1, 0.15) is 15.5 Å². The molecule has 152 valence electrons. The van der Waals surface area contributed by atoms with Crippen molar-refractivity contribution in [2.75, 3.05) is 18.4 Å². The van der Waals surface area contributed by atoms with Gasteiger partial charge in [-0.1, -0.05) is 6.42 Å². The van der Waals surface area contributed by atoms with E-state index in [4.69, 9.17) is 0 Å². The normalized spacial score (nSPS) is 16.0. The Morgan fingerprint density at radius 1 is 1.07 bits per heavy atom. The quantitative estimate of drug-likeness (QED) is 0.770. The lowest BCUT2D eigenvalue weighted by molar-refractivity contribution is -0.274. The van der Waals surface area contributed by atoms with Crippen LogP contribution >= 0.6 is 11.3 Å². The van der Waals surface area contributed by atoms with Crippen molar-refractivity contribution in [3.63, 3.8) is 0 Å². The number of piperidine rings is 1. The van der Waals surface area contributed by atoms with Crippen molar-refractivity contribution in [3.05, 3.63) is 40.6 Å². The number of nitrogens with zero attached hydrogens (tertiary/aromatic N) is 1. The fourth-order valence-corrected chi connectivity index (χ4v) is 5.65. The largest absolute Gasteiger partial charge is 0.573 e. The van der Waals surface area contributed by atoms with Crippen molar-refractivity contribution >= 4 is 33.0 Å². The lowest BCUT2D eigenvalue weighted by Crippen LogP contribution is -2.36. The number of hydrogen-bond donors (Lipinski definition) is 1. The van der Waals surface area contributed by atoms with E-state index >= 15 is 0 Å². The number of amides is 1. The second kappa shape index (κ2) is 8.10. The maximum Gasteiger partial charge on any atom is 0.573 e. The number of alkyl halides is 3. The van der Waals surface area contributed by atoms with Crippen molar-refractivity contribution in [2.45, 2.75) is 30.5 Å². The molecule has 1 N–H and O–H groups in total. The van der Waals surface area contributed by atoms with E-state index < -0.39 is 28.0 Å². The van der Waals surface area contributed by atoms with E-state index in [2.05, 4.69) is 10.1 Å². The fourth-order valence-electron chi connectivity index (χ4n) is 2.84. The summed E-state index contributed by atoms with van der Waals surface area (Å²) in [7, 11) is -3.78. The molecule has 1 saturated heterocycles. The topological polar surface area (TPSA) is 75.7 Å². The molecule has 1 aliphatic rings. The number of hydrogen-bond acceptors (Lipinski definition) is 5. The summed E-state index contributed by atoms with van der Waals surface area (Å²) in [6, 6.07) is 5.99. The minimum Gasteiger partial charge on any atom is -0.406 e. The Hall–Kier alpha value is -2.11. The lowest BCUT2D eigenvalue weighted by atomic mass is 10.2. The molecular weight excluding hydrogens is 417 g/mol. The summed E-state index contributed by atoms with van der Waals surface area (Å²) in [5.41, 5.74) is 0.217. The molecule has 28 heavy (non-hydrogen) atoms. The Kier molecular flexibility index (Phi) is 5.96. The molecule has 2 aromatic rings. The molecule has 1 aromatic carbocycles. The molecular formula is C17H17F3N2O4S2. The van der Waals surface area contributed by atoms with Gasteiger partial charge in [0.05, 0.1) is 0 Å². The van der Waals surface area contributed by atoms with Crippen LogP contribution in [0, 0.1) is 0 Å². The standard InChI is InChI=1S/C17H17F3N2O4S2/c18-17(19,20)26-13-6-4-12(5-7-13)21-16(23)15-14(8-11-27-15)28(24,25)22-9-2-1-3-10-22/h4-8,11H,1-3,9-10H2,(H,21,23). The predicted octanol–water partition coefficient (Wildman–Crippen LogP) is 4.07. The highest BCUT2D eigenvalue weighted by Crippen LogP contribution is 2.29. The highest BCUT2D eigenvalue weighted by Gasteiger charge is 2.32. The van der Waals surface area contributed by atoms with Crippen LogP contribution in [0.5, 0.6) is 5.75 Å². The highest BCUT2D eigenvalue weighted by molar-refractivity contribution is 7.89. The maximum absolute atomic E-state index is 12.8. The Balaban J connectivity index is 1.75. The number of carbonyl (C=O) groups excluding carboxylic acids is 1. The first-order valence-corrected chi connectivity index (χ1v) is 10.7. The minimum atomic E-state index is -4.81. The van der Waals surface area contributed by atoms with Crippen molar-refractivity contribution in [2.24, 2.45) is 0 Å². The number of nitrogens with one attached hydrogen (secondary N) is 1. The number of sulfonamides is 1. The number of benzene rings is 1. The monoisotopic (exact) mass is 434 g/mol. The summed E-state index contributed by atoms with van der Waals surface area (Å²) in [4.78, 5) is 12.5. The van der Waals surface area contributed by atoms with Crippen LogP contribution in [-0.2, 0) is 10.0 Å². The van der Waals surface area contributed by atoms with E-state index in [1.54, 1.807) is 0 Å². The Morgan fingerprint density at radius 2 is 1.71 bits per heavy atom. The van der Waals surface area contributed by atoms with Gasteiger partial charge in [0.2, 0.25) is 10.0 Å². The van der Waals surface area contributed by atoms with Gasteiger partial charge in [-0.15, -0.1) is 24.5 Å². The van der Waals surface area contributed by atoms with Crippen LogP contribution in [0.25, 0.3) is 0 Å². The van der Waals surface area contributed by atoms with Crippen LogP contribution in [0.15, 0.2) is 40.6 Å². The van der Waals surface area contributed by atoms with Crippen LogP contribution in [0.1, 0.15) is 28.9 Å². The summed E-state index contributed by atoms with van der Waals surface area (Å²) < 4.78 is 67.4. The average Bonchev–Trinajstić information content (AvgIpc) is 3.14. The van der Waals surface area contributed by atoms with E-state index in [1.165, 1.54) is 27.9 Å². The van der Waals surface area contributed by atoms with Gasteiger partial charge in [-0.05, 0) is 48.6 Å². The molecule has 3 rings (SSSR count). The van der Waals surface area contributed by atoms with E-state index in [9.17, 15) is 26.4 Å². The van der Waals surface area contributed by atoms with E-state index in [0.29, 0.717) is 13.1 Å². The first-order chi connectivity index (χ1) is 13.2. The van der Waals surface area contributed by atoms with Crippen LogP contribution in [0.2, 0.25) is 0 Å². The molecule has 0 bridgehead atoms. The van der Waals surface area contributed by atoms with Gasteiger partial charge in [-0.2, -0.15) is 4.31 Å². The fraction of sp³-hybridized carbons (Fsp3) is 0.353. The van der Waals surface area contributed by atoms with Crippen molar-refractivity contribution in [1.29, 1.82) is 0 Å². The third-order valence-electron chi connectivity index (χ3n) is 4.11. The van der Waals surface area contributed by atoms with E-state index in [-0.39, 0.29) is 15.5 Å². The molecule has 0 radical (unpaired) electrons. The first-order valence-electron chi connectivity index (χ1n) is 8.42. The third-order valence-corrected chi connectivity index (χ3v) is 7.10. The molecule has 0 spiro atoms. The van der Waals surface area contributed by atoms with Crippen LogP contribution in [-0.4, -0.2) is 38.1 Å². The number of halogens is 3. The Labute approximate surface area is 164 Å². The van der Waals surface area contributed by atoms with Gasteiger partial charge in [0, 0.05) is 18.8 Å². The Morgan fingerprint density at radius 3 is 2.32 bits per heavy atom. The molecule has 0 saturated carbocycles. The Bertz CT molecular complexity index is 934. The zero-order valence-corrected chi connectivity index (χ0v) is 16.2. The van der Waals surface area contributed by atoms with Crippen LogP contribution < -0.4 is 10.1 Å². The average molecular weight is 434 g/mol. The summed E-state index contributed by atoms with van der Waals surface area (Å²) in [5.74, 6) is -1.06. The number of thiophene rings is 1. The molecule has 0 unspecified atom stereocenters. The molecule has 1 amide bonds. The van der Waals surface area contributed by atoms with Gasteiger partial charge in [-0.25, -0.2) is 8.42 Å². The summed E-state index contributed by atoms with van der Waals surface area (Å²) in [5, 5.41) is 4.02. The summed E-state index contributed by atoms with van der Waals surface area (Å²) in [6.07, 6.45) is -2.29. The van der Waals surface area contributed by atoms with Crippen LogP contribution in [0.3, 0.4) is 0 Å². The highest BCUT2D eigenvalue weighted by atomic mass is 32.2. The number of rotatable bonds is 5. The molecule has 2 heterocycles. The molecule has 1 aliphatic heterocycles. The van der Waals surface area contributed by atoms with Gasteiger partial charge in [0.15, 0.2) is 0 Å². The molecule has 0 aliphatic carbocycles.